The predicted molar refractivity (Wildman–Crippen MR) is 103 cm³/mol. The van der Waals surface area contributed by atoms with E-state index in [2.05, 4.69) is 10.2 Å². The molecule has 1 heterocycles. The van der Waals surface area contributed by atoms with E-state index in [4.69, 9.17) is 4.74 Å². The summed E-state index contributed by atoms with van der Waals surface area (Å²) in [6.07, 6.45) is 2.42. The van der Waals surface area contributed by atoms with E-state index in [0.717, 1.165) is 43.5 Å². The Kier molecular flexibility index (Phi) is 5.96. The van der Waals surface area contributed by atoms with Gasteiger partial charge in [-0.3, -0.25) is 9.59 Å². The third-order valence-corrected chi connectivity index (χ3v) is 4.97. The molecule has 1 saturated heterocycles. The number of carbonyl (C=O) groups excluding carboxylic acids is 2. The van der Waals surface area contributed by atoms with Gasteiger partial charge in [0, 0.05) is 36.8 Å². The Morgan fingerprint density at radius 3 is 2.56 bits per heavy atom. The summed E-state index contributed by atoms with van der Waals surface area (Å²) in [4.78, 5) is 25.5. The Morgan fingerprint density at radius 1 is 1.22 bits per heavy atom. The number of amides is 1. The van der Waals surface area contributed by atoms with Crippen molar-refractivity contribution in [2.75, 3.05) is 25.1 Å². The summed E-state index contributed by atoms with van der Waals surface area (Å²) in [5.41, 5.74) is 2.63. The fourth-order valence-corrected chi connectivity index (χ4v) is 3.33. The number of aldehydes is 1. The third kappa shape index (κ3) is 4.58. The topological polar surface area (TPSA) is 78.9 Å². The number of hydrogen-bond acceptors (Lipinski definition) is 5. The Morgan fingerprint density at radius 2 is 1.93 bits per heavy atom. The molecule has 1 amide bonds. The average molecular weight is 368 g/mol. The van der Waals surface area contributed by atoms with Crippen LogP contribution in [0, 0.1) is 5.92 Å². The van der Waals surface area contributed by atoms with Gasteiger partial charge < -0.3 is 20.1 Å². The molecule has 1 aliphatic rings. The van der Waals surface area contributed by atoms with Gasteiger partial charge in [0.2, 0.25) is 5.91 Å². The summed E-state index contributed by atoms with van der Waals surface area (Å²) in [6, 6.07) is 12.6. The highest BCUT2D eigenvalue weighted by molar-refractivity contribution is 5.79. The third-order valence-electron chi connectivity index (χ3n) is 4.97. The fraction of sp³-hybridized carbons (Fsp3) is 0.333. The highest BCUT2D eigenvalue weighted by Crippen LogP contribution is 2.27. The predicted octanol–water partition coefficient (Wildman–Crippen LogP) is 2.75. The molecule has 0 unspecified atom stereocenters. The fourth-order valence-electron chi connectivity index (χ4n) is 3.33. The lowest BCUT2D eigenvalue weighted by Crippen LogP contribution is -2.40. The lowest BCUT2D eigenvalue weighted by molar-refractivity contribution is -0.125. The molecule has 0 spiro atoms. The van der Waals surface area contributed by atoms with Crippen LogP contribution in [0.5, 0.6) is 11.5 Å². The maximum absolute atomic E-state index is 12.5. The van der Waals surface area contributed by atoms with Gasteiger partial charge in [-0.1, -0.05) is 6.07 Å². The molecule has 1 fully saturated rings. The van der Waals surface area contributed by atoms with Crippen molar-refractivity contribution in [3.63, 3.8) is 0 Å². The van der Waals surface area contributed by atoms with Crippen molar-refractivity contribution in [2.24, 2.45) is 5.92 Å². The van der Waals surface area contributed by atoms with Crippen LogP contribution in [0.25, 0.3) is 0 Å². The zero-order valence-electron chi connectivity index (χ0n) is 15.4. The van der Waals surface area contributed by atoms with Crippen molar-refractivity contribution < 1.29 is 19.4 Å². The van der Waals surface area contributed by atoms with Crippen molar-refractivity contribution in [2.45, 2.75) is 19.4 Å². The molecule has 6 heteroatoms. The van der Waals surface area contributed by atoms with E-state index in [1.54, 1.807) is 18.2 Å². The van der Waals surface area contributed by atoms with Gasteiger partial charge in [-0.05, 0) is 54.8 Å². The normalized spacial score (nSPS) is 14.6. The molecule has 2 aromatic carbocycles. The number of phenols is 1. The molecule has 0 aromatic heterocycles. The van der Waals surface area contributed by atoms with Gasteiger partial charge in [0.1, 0.15) is 6.29 Å². The SMILES string of the molecule is COc1cc(CNC(=O)C2CCN(c3ccc(C=O)cc3)CC2)ccc1O. The number of rotatable bonds is 6. The molecular formula is C21H24N2O4. The number of benzene rings is 2. The van der Waals surface area contributed by atoms with Crippen molar-refractivity contribution in [3.8, 4) is 11.5 Å². The standard InChI is InChI=1S/C21H24N2O4/c1-27-20-12-16(4-7-19(20)25)13-22-21(26)17-8-10-23(11-9-17)18-5-2-15(14-24)3-6-18/h2-7,12,14,17,25H,8-11,13H2,1H3,(H,22,26). The van der Waals surface area contributed by atoms with Crippen LogP contribution in [0.4, 0.5) is 5.69 Å². The number of phenolic OH excluding ortho intramolecular Hbond substituents is 1. The van der Waals surface area contributed by atoms with Crippen molar-refractivity contribution in [1.29, 1.82) is 0 Å². The minimum atomic E-state index is -0.00508. The van der Waals surface area contributed by atoms with Crippen molar-refractivity contribution in [1.82, 2.24) is 5.32 Å². The number of methoxy groups -OCH3 is 1. The average Bonchev–Trinajstić information content (AvgIpc) is 2.73. The molecule has 0 radical (unpaired) electrons. The van der Waals surface area contributed by atoms with Crippen LogP contribution in [0.2, 0.25) is 0 Å². The molecule has 1 aliphatic heterocycles. The van der Waals surface area contributed by atoms with E-state index in [1.807, 2.05) is 24.3 Å². The maximum Gasteiger partial charge on any atom is 0.223 e. The first-order valence-corrected chi connectivity index (χ1v) is 9.04. The lowest BCUT2D eigenvalue weighted by Gasteiger charge is -2.33. The summed E-state index contributed by atoms with van der Waals surface area (Å²) in [6.45, 7) is 2.03. The zero-order valence-corrected chi connectivity index (χ0v) is 15.4. The second-order valence-electron chi connectivity index (χ2n) is 6.69. The smallest absolute Gasteiger partial charge is 0.223 e. The number of aromatic hydroxyl groups is 1. The molecule has 3 rings (SSSR count). The molecule has 2 aromatic rings. The molecule has 0 atom stereocenters. The summed E-state index contributed by atoms with van der Waals surface area (Å²) in [5, 5.41) is 12.6. The minimum Gasteiger partial charge on any atom is -0.504 e. The highest BCUT2D eigenvalue weighted by Gasteiger charge is 2.25. The van der Waals surface area contributed by atoms with Gasteiger partial charge in [-0.25, -0.2) is 0 Å². The van der Waals surface area contributed by atoms with Gasteiger partial charge in [-0.2, -0.15) is 0 Å². The van der Waals surface area contributed by atoms with Crippen LogP contribution in [-0.2, 0) is 11.3 Å². The number of nitrogens with zero attached hydrogens (tertiary/aromatic N) is 1. The highest BCUT2D eigenvalue weighted by atomic mass is 16.5. The van der Waals surface area contributed by atoms with E-state index in [9.17, 15) is 14.7 Å². The van der Waals surface area contributed by atoms with E-state index in [0.29, 0.717) is 17.9 Å². The van der Waals surface area contributed by atoms with Gasteiger partial charge >= 0.3 is 0 Å². The van der Waals surface area contributed by atoms with Gasteiger partial charge in [-0.15, -0.1) is 0 Å². The number of carbonyl (C=O) groups is 2. The monoisotopic (exact) mass is 368 g/mol. The Labute approximate surface area is 158 Å². The van der Waals surface area contributed by atoms with Crippen LogP contribution in [0.1, 0.15) is 28.8 Å². The van der Waals surface area contributed by atoms with E-state index in [1.165, 1.54) is 7.11 Å². The first-order valence-electron chi connectivity index (χ1n) is 9.04. The quantitative estimate of drug-likeness (QED) is 0.767. The van der Waals surface area contributed by atoms with Crippen LogP contribution in [-0.4, -0.2) is 37.5 Å². The van der Waals surface area contributed by atoms with Crippen LogP contribution >= 0.6 is 0 Å². The van der Waals surface area contributed by atoms with Gasteiger partial charge in [0.15, 0.2) is 11.5 Å². The Balaban J connectivity index is 1.50. The zero-order chi connectivity index (χ0) is 19.2. The minimum absolute atomic E-state index is 0.00508. The second kappa shape index (κ2) is 8.58. The van der Waals surface area contributed by atoms with Crippen molar-refractivity contribution in [3.05, 3.63) is 53.6 Å². The van der Waals surface area contributed by atoms with Crippen LogP contribution in [0.3, 0.4) is 0 Å². The molecule has 27 heavy (non-hydrogen) atoms. The Bertz CT molecular complexity index is 796. The van der Waals surface area contributed by atoms with Crippen molar-refractivity contribution >= 4 is 17.9 Å². The first kappa shape index (κ1) is 18.8. The number of anilines is 1. The summed E-state index contributed by atoms with van der Waals surface area (Å²) in [5.74, 6) is 0.532. The first-order chi connectivity index (χ1) is 13.1. The van der Waals surface area contributed by atoms with Crippen LogP contribution < -0.4 is 15.0 Å². The Hall–Kier alpha value is -3.02. The lowest BCUT2D eigenvalue weighted by atomic mass is 9.95. The second-order valence-corrected chi connectivity index (χ2v) is 6.69. The molecule has 0 aliphatic carbocycles. The summed E-state index contributed by atoms with van der Waals surface area (Å²) < 4.78 is 5.09. The number of nitrogens with one attached hydrogen (secondary N) is 1. The molecular weight excluding hydrogens is 344 g/mol. The van der Waals surface area contributed by atoms with E-state index >= 15 is 0 Å². The van der Waals surface area contributed by atoms with E-state index in [-0.39, 0.29) is 17.6 Å². The number of piperidine rings is 1. The van der Waals surface area contributed by atoms with Crippen LogP contribution in [0.15, 0.2) is 42.5 Å². The largest absolute Gasteiger partial charge is 0.504 e. The van der Waals surface area contributed by atoms with E-state index < -0.39 is 0 Å². The molecule has 0 bridgehead atoms. The van der Waals surface area contributed by atoms with Gasteiger partial charge in [0.05, 0.1) is 7.11 Å². The summed E-state index contributed by atoms with van der Waals surface area (Å²) >= 11 is 0. The van der Waals surface area contributed by atoms with Gasteiger partial charge in [0.25, 0.3) is 0 Å². The molecule has 2 N–H and O–H groups in total. The molecule has 142 valence electrons. The number of ether oxygens (including phenoxy) is 1. The number of hydrogen-bond donors (Lipinski definition) is 2. The maximum atomic E-state index is 12.5. The molecule has 0 saturated carbocycles. The summed E-state index contributed by atoms with van der Waals surface area (Å²) in [7, 11) is 1.50. The molecule has 6 nitrogen and oxygen atoms in total.